The number of benzene rings is 1. The SMILES string of the molecule is CCOCC(=O)Nc1ccc(N)cc1. The van der Waals surface area contributed by atoms with E-state index in [9.17, 15) is 4.79 Å². The Labute approximate surface area is 83.1 Å². The van der Waals surface area contributed by atoms with E-state index < -0.39 is 0 Å². The molecule has 0 heterocycles. The van der Waals surface area contributed by atoms with Crippen molar-refractivity contribution >= 4 is 17.3 Å². The number of rotatable bonds is 4. The topological polar surface area (TPSA) is 64.3 Å². The minimum atomic E-state index is -0.156. The lowest BCUT2D eigenvalue weighted by molar-refractivity contribution is -0.120. The van der Waals surface area contributed by atoms with Crippen molar-refractivity contribution in [2.75, 3.05) is 24.3 Å². The summed E-state index contributed by atoms with van der Waals surface area (Å²) in [5.41, 5.74) is 6.90. The fourth-order valence-electron chi connectivity index (χ4n) is 0.958. The fourth-order valence-corrected chi connectivity index (χ4v) is 0.958. The summed E-state index contributed by atoms with van der Waals surface area (Å²) in [7, 11) is 0. The second kappa shape index (κ2) is 5.24. The summed E-state index contributed by atoms with van der Waals surface area (Å²) in [5, 5.41) is 2.68. The van der Waals surface area contributed by atoms with Gasteiger partial charge in [0.15, 0.2) is 0 Å². The molecule has 0 aromatic heterocycles. The standard InChI is InChI=1S/C10H14N2O2/c1-2-14-7-10(13)12-9-5-3-8(11)4-6-9/h3-6H,2,7,11H2,1H3,(H,12,13). The quantitative estimate of drug-likeness (QED) is 0.709. The van der Waals surface area contributed by atoms with E-state index in [1.54, 1.807) is 24.3 Å². The van der Waals surface area contributed by atoms with E-state index in [1.807, 2.05) is 6.92 Å². The van der Waals surface area contributed by atoms with Gasteiger partial charge in [-0.05, 0) is 31.2 Å². The molecule has 0 radical (unpaired) electrons. The predicted octanol–water partition coefficient (Wildman–Crippen LogP) is 1.24. The first-order chi connectivity index (χ1) is 6.72. The molecule has 0 bridgehead atoms. The summed E-state index contributed by atoms with van der Waals surface area (Å²) in [6.45, 7) is 2.46. The van der Waals surface area contributed by atoms with Gasteiger partial charge in [0.05, 0.1) is 0 Å². The van der Waals surface area contributed by atoms with Crippen LogP contribution in [0.1, 0.15) is 6.92 Å². The van der Waals surface area contributed by atoms with Crippen LogP contribution < -0.4 is 11.1 Å². The van der Waals surface area contributed by atoms with Gasteiger partial charge in [0, 0.05) is 18.0 Å². The maximum Gasteiger partial charge on any atom is 0.250 e. The van der Waals surface area contributed by atoms with Gasteiger partial charge in [-0.3, -0.25) is 4.79 Å². The van der Waals surface area contributed by atoms with Crippen molar-refractivity contribution in [3.63, 3.8) is 0 Å². The number of ether oxygens (including phenoxy) is 1. The maximum absolute atomic E-state index is 11.2. The first kappa shape index (κ1) is 10.5. The Morgan fingerprint density at radius 2 is 2.07 bits per heavy atom. The molecule has 0 saturated heterocycles. The van der Waals surface area contributed by atoms with E-state index in [4.69, 9.17) is 10.5 Å². The summed E-state index contributed by atoms with van der Waals surface area (Å²) in [4.78, 5) is 11.2. The minimum Gasteiger partial charge on any atom is -0.399 e. The number of nitrogens with one attached hydrogen (secondary N) is 1. The number of amides is 1. The number of nitrogen functional groups attached to an aromatic ring is 1. The Morgan fingerprint density at radius 3 is 2.64 bits per heavy atom. The fraction of sp³-hybridized carbons (Fsp3) is 0.300. The molecule has 0 aliphatic rings. The van der Waals surface area contributed by atoms with Gasteiger partial charge >= 0.3 is 0 Å². The lowest BCUT2D eigenvalue weighted by atomic mass is 10.3. The molecule has 4 heteroatoms. The average molecular weight is 194 g/mol. The Hall–Kier alpha value is -1.55. The van der Waals surface area contributed by atoms with Crippen LogP contribution in [0.25, 0.3) is 0 Å². The second-order valence-electron chi connectivity index (χ2n) is 2.81. The Kier molecular flexibility index (Phi) is 3.94. The van der Waals surface area contributed by atoms with Crippen molar-refractivity contribution in [1.82, 2.24) is 0 Å². The largest absolute Gasteiger partial charge is 0.399 e. The van der Waals surface area contributed by atoms with Crippen molar-refractivity contribution in [2.24, 2.45) is 0 Å². The van der Waals surface area contributed by atoms with Crippen molar-refractivity contribution in [3.05, 3.63) is 24.3 Å². The van der Waals surface area contributed by atoms with Crippen LogP contribution >= 0.6 is 0 Å². The summed E-state index contributed by atoms with van der Waals surface area (Å²) in [6.07, 6.45) is 0. The van der Waals surface area contributed by atoms with Crippen LogP contribution in [0.5, 0.6) is 0 Å². The van der Waals surface area contributed by atoms with E-state index in [2.05, 4.69) is 5.32 Å². The molecule has 0 atom stereocenters. The second-order valence-corrected chi connectivity index (χ2v) is 2.81. The molecule has 76 valence electrons. The van der Waals surface area contributed by atoms with Gasteiger partial charge in [-0.15, -0.1) is 0 Å². The predicted molar refractivity (Wildman–Crippen MR) is 56.0 cm³/mol. The molecule has 1 rings (SSSR count). The summed E-state index contributed by atoms with van der Waals surface area (Å²) in [5.74, 6) is -0.156. The molecule has 1 aromatic rings. The van der Waals surface area contributed by atoms with Crippen molar-refractivity contribution in [2.45, 2.75) is 6.92 Å². The van der Waals surface area contributed by atoms with Crippen molar-refractivity contribution < 1.29 is 9.53 Å². The summed E-state index contributed by atoms with van der Waals surface area (Å²) >= 11 is 0. The smallest absolute Gasteiger partial charge is 0.250 e. The third-order valence-electron chi connectivity index (χ3n) is 1.63. The van der Waals surface area contributed by atoms with Crippen LogP contribution in [0, 0.1) is 0 Å². The number of anilines is 2. The molecule has 0 fully saturated rings. The summed E-state index contributed by atoms with van der Waals surface area (Å²) < 4.78 is 4.95. The van der Waals surface area contributed by atoms with Gasteiger partial charge < -0.3 is 15.8 Å². The number of carbonyl (C=O) groups is 1. The summed E-state index contributed by atoms with van der Waals surface area (Å²) in [6, 6.07) is 6.96. The van der Waals surface area contributed by atoms with Gasteiger partial charge in [-0.25, -0.2) is 0 Å². The van der Waals surface area contributed by atoms with Crippen LogP contribution in [0.2, 0.25) is 0 Å². The number of hydrogen-bond donors (Lipinski definition) is 2. The van der Waals surface area contributed by atoms with E-state index in [1.165, 1.54) is 0 Å². The number of carbonyl (C=O) groups excluding carboxylic acids is 1. The zero-order valence-corrected chi connectivity index (χ0v) is 8.12. The molecule has 1 aromatic carbocycles. The minimum absolute atomic E-state index is 0.0842. The van der Waals surface area contributed by atoms with Crippen LogP contribution in [0.15, 0.2) is 24.3 Å². The third-order valence-corrected chi connectivity index (χ3v) is 1.63. The van der Waals surface area contributed by atoms with Gasteiger partial charge in [-0.1, -0.05) is 0 Å². The normalized spacial score (nSPS) is 9.79. The monoisotopic (exact) mass is 194 g/mol. The van der Waals surface area contributed by atoms with Crippen LogP contribution in [-0.4, -0.2) is 19.1 Å². The van der Waals surface area contributed by atoms with Crippen molar-refractivity contribution in [3.8, 4) is 0 Å². The lowest BCUT2D eigenvalue weighted by Gasteiger charge is -2.04. The molecule has 14 heavy (non-hydrogen) atoms. The highest BCUT2D eigenvalue weighted by atomic mass is 16.5. The molecule has 4 nitrogen and oxygen atoms in total. The van der Waals surface area contributed by atoms with Crippen LogP contribution in [0.4, 0.5) is 11.4 Å². The van der Waals surface area contributed by atoms with E-state index >= 15 is 0 Å². The maximum atomic E-state index is 11.2. The highest BCUT2D eigenvalue weighted by Crippen LogP contribution is 2.09. The molecule has 0 aliphatic heterocycles. The molecular formula is C10H14N2O2. The molecule has 3 N–H and O–H groups in total. The Bertz CT molecular complexity index is 295. The van der Waals surface area contributed by atoms with E-state index in [-0.39, 0.29) is 12.5 Å². The Morgan fingerprint density at radius 1 is 1.43 bits per heavy atom. The van der Waals surface area contributed by atoms with Gasteiger partial charge in [0.25, 0.3) is 0 Å². The number of nitrogens with two attached hydrogens (primary N) is 1. The highest BCUT2D eigenvalue weighted by Gasteiger charge is 2.00. The molecular weight excluding hydrogens is 180 g/mol. The molecule has 0 aliphatic carbocycles. The van der Waals surface area contributed by atoms with Gasteiger partial charge in [0.1, 0.15) is 6.61 Å². The molecule has 1 amide bonds. The van der Waals surface area contributed by atoms with Gasteiger partial charge in [0.2, 0.25) is 5.91 Å². The molecule has 0 unspecified atom stereocenters. The van der Waals surface area contributed by atoms with Gasteiger partial charge in [-0.2, -0.15) is 0 Å². The van der Waals surface area contributed by atoms with Crippen LogP contribution in [0.3, 0.4) is 0 Å². The molecule has 0 saturated carbocycles. The lowest BCUT2D eigenvalue weighted by Crippen LogP contribution is -2.18. The first-order valence-electron chi connectivity index (χ1n) is 4.45. The van der Waals surface area contributed by atoms with Crippen LogP contribution in [-0.2, 0) is 9.53 Å². The Balaban J connectivity index is 2.44. The zero-order valence-electron chi connectivity index (χ0n) is 8.12. The molecule has 0 spiro atoms. The van der Waals surface area contributed by atoms with E-state index in [0.29, 0.717) is 12.3 Å². The van der Waals surface area contributed by atoms with E-state index in [0.717, 1.165) is 5.69 Å². The number of hydrogen-bond acceptors (Lipinski definition) is 3. The highest BCUT2D eigenvalue weighted by molar-refractivity contribution is 5.91. The first-order valence-corrected chi connectivity index (χ1v) is 4.45. The third kappa shape index (κ3) is 3.45. The zero-order chi connectivity index (χ0) is 10.4. The van der Waals surface area contributed by atoms with Crippen molar-refractivity contribution in [1.29, 1.82) is 0 Å². The average Bonchev–Trinajstić information content (AvgIpc) is 2.18.